The van der Waals surface area contributed by atoms with E-state index in [0.29, 0.717) is 11.5 Å². The lowest BCUT2D eigenvalue weighted by atomic mass is 9.73. The Bertz CT molecular complexity index is 435. The van der Waals surface area contributed by atoms with Crippen molar-refractivity contribution >= 4 is 11.6 Å². The van der Waals surface area contributed by atoms with Gasteiger partial charge >= 0.3 is 0 Å². The number of halogens is 1. The quantitative estimate of drug-likeness (QED) is 0.713. The average molecular weight is 294 g/mol. The summed E-state index contributed by atoms with van der Waals surface area (Å²) in [5.41, 5.74) is 2.97. The second kappa shape index (κ2) is 6.95. The zero-order valence-corrected chi connectivity index (χ0v) is 13.9. The molecule has 1 aliphatic carbocycles. The van der Waals surface area contributed by atoms with E-state index in [1.54, 1.807) is 0 Å². The van der Waals surface area contributed by atoms with Gasteiger partial charge < -0.3 is 5.32 Å². The highest BCUT2D eigenvalue weighted by Gasteiger charge is 2.40. The lowest BCUT2D eigenvalue weighted by molar-refractivity contribution is 0.187. The van der Waals surface area contributed by atoms with E-state index in [1.807, 2.05) is 0 Å². The second-order valence-electron chi connectivity index (χ2n) is 6.32. The third-order valence-corrected chi connectivity index (χ3v) is 5.45. The lowest BCUT2D eigenvalue weighted by Gasteiger charge is -2.38. The summed E-state index contributed by atoms with van der Waals surface area (Å²) in [7, 11) is 0. The molecule has 1 N–H and O–H groups in total. The summed E-state index contributed by atoms with van der Waals surface area (Å²) in [6.45, 7) is 7.74. The van der Waals surface area contributed by atoms with Gasteiger partial charge in [-0.05, 0) is 61.8 Å². The molecule has 1 nitrogen and oxygen atoms in total. The number of rotatable bonds is 6. The largest absolute Gasteiger partial charge is 0.309 e. The first-order chi connectivity index (χ1) is 9.63. The lowest BCUT2D eigenvalue weighted by Crippen LogP contribution is -2.36. The molecule has 112 valence electrons. The predicted molar refractivity (Wildman–Crippen MR) is 88.4 cm³/mol. The fourth-order valence-corrected chi connectivity index (χ4v) is 3.88. The van der Waals surface area contributed by atoms with Gasteiger partial charge in [-0.2, -0.15) is 0 Å². The summed E-state index contributed by atoms with van der Waals surface area (Å²) in [5.74, 6) is 0. The highest BCUT2D eigenvalue weighted by molar-refractivity contribution is 6.31. The van der Waals surface area contributed by atoms with Gasteiger partial charge in [-0.3, -0.25) is 0 Å². The smallest absolute Gasteiger partial charge is 0.0438 e. The normalized spacial score (nSPS) is 19.2. The van der Waals surface area contributed by atoms with Crippen LogP contribution in [0.2, 0.25) is 5.02 Å². The van der Waals surface area contributed by atoms with Gasteiger partial charge in [-0.25, -0.2) is 0 Å². The molecule has 0 radical (unpaired) electrons. The fourth-order valence-electron chi connectivity index (χ4n) is 3.69. The van der Waals surface area contributed by atoms with Gasteiger partial charge in [0.1, 0.15) is 0 Å². The van der Waals surface area contributed by atoms with Crippen LogP contribution in [0.15, 0.2) is 18.2 Å². The van der Waals surface area contributed by atoms with Crippen LogP contribution in [0.4, 0.5) is 0 Å². The van der Waals surface area contributed by atoms with Crippen LogP contribution >= 0.6 is 11.6 Å². The van der Waals surface area contributed by atoms with Crippen molar-refractivity contribution in [3.8, 4) is 0 Å². The average Bonchev–Trinajstić information content (AvgIpc) is 2.93. The maximum Gasteiger partial charge on any atom is 0.0438 e. The first-order valence-corrected chi connectivity index (χ1v) is 8.50. The first-order valence-electron chi connectivity index (χ1n) is 8.12. The zero-order chi connectivity index (χ0) is 14.6. The minimum absolute atomic E-state index is 0.424. The van der Waals surface area contributed by atoms with Gasteiger partial charge in [-0.1, -0.05) is 50.4 Å². The predicted octanol–water partition coefficient (Wildman–Crippen LogP) is 5.66. The summed E-state index contributed by atoms with van der Waals surface area (Å²) < 4.78 is 0. The van der Waals surface area contributed by atoms with Crippen LogP contribution in [0.3, 0.4) is 0 Å². The van der Waals surface area contributed by atoms with Crippen molar-refractivity contribution in [2.24, 2.45) is 5.41 Å². The topological polar surface area (TPSA) is 12.0 Å². The molecule has 1 unspecified atom stereocenters. The molecule has 20 heavy (non-hydrogen) atoms. The molecule has 1 atom stereocenters. The highest BCUT2D eigenvalue weighted by atomic mass is 35.5. The van der Waals surface area contributed by atoms with Crippen LogP contribution in [0.1, 0.15) is 69.5 Å². The van der Waals surface area contributed by atoms with Crippen molar-refractivity contribution in [1.29, 1.82) is 0 Å². The SMILES string of the molecule is CCCNC(c1ccc(C)c(Cl)c1)C1(CC)CCCC1. The maximum absolute atomic E-state index is 6.36. The van der Waals surface area contributed by atoms with Crippen LogP contribution in [-0.2, 0) is 0 Å². The summed E-state index contributed by atoms with van der Waals surface area (Å²) >= 11 is 6.36. The number of hydrogen-bond donors (Lipinski definition) is 1. The van der Waals surface area contributed by atoms with Crippen molar-refractivity contribution in [3.05, 3.63) is 34.3 Å². The molecule has 0 saturated heterocycles. The number of aryl methyl sites for hydroxylation is 1. The zero-order valence-electron chi connectivity index (χ0n) is 13.1. The number of nitrogens with one attached hydrogen (secondary N) is 1. The molecule has 0 spiro atoms. The summed E-state index contributed by atoms with van der Waals surface area (Å²) in [5, 5.41) is 4.71. The van der Waals surface area contributed by atoms with Gasteiger partial charge in [0, 0.05) is 11.1 Å². The van der Waals surface area contributed by atoms with Crippen LogP contribution in [-0.4, -0.2) is 6.54 Å². The molecular formula is C18H28ClN. The molecule has 1 fully saturated rings. The van der Waals surface area contributed by atoms with Gasteiger partial charge in [0.15, 0.2) is 0 Å². The van der Waals surface area contributed by atoms with Crippen LogP contribution in [0, 0.1) is 12.3 Å². The Balaban J connectivity index is 2.32. The summed E-state index contributed by atoms with van der Waals surface area (Å²) in [4.78, 5) is 0. The third-order valence-electron chi connectivity index (χ3n) is 5.04. The Morgan fingerprint density at radius 3 is 2.50 bits per heavy atom. The van der Waals surface area contributed by atoms with E-state index in [1.165, 1.54) is 49.7 Å². The maximum atomic E-state index is 6.36. The van der Waals surface area contributed by atoms with Gasteiger partial charge in [0.25, 0.3) is 0 Å². The van der Waals surface area contributed by atoms with E-state index in [9.17, 15) is 0 Å². The second-order valence-corrected chi connectivity index (χ2v) is 6.73. The molecule has 0 aromatic heterocycles. The fraction of sp³-hybridized carbons (Fsp3) is 0.667. The van der Waals surface area contributed by atoms with Crippen LogP contribution < -0.4 is 5.32 Å². The van der Waals surface area contributed by atoms with E-state index >= 15 is 0 Å². The Morgan fingerprint density at radius 2 is 1.95 bits per heavy atom. The Kier molecular flexibility index (Phi) is 5.51. The first kappa shape index (κ1) is 15.9. The van der Waals surface area contributed by atoms with E-state index in [4.69, 9.17) is 11.6 Å². The molecule has 0 heterocycles. The Morgan fingerprint density at radius 1 is 1.25 bits per heavy atom. The van der Waals surface area contributed by atoms with Crippen molar-refractivity contribution in [3.63, 3.8) is 0 Å². The van der Waals surface area contributed by atoms with Gasteiger partial charge in [0.2, 0.25) is 0 Å². The molecule has 1 aliphatic rings. The Hall–Kier alpha value is -0.530. The molecule has 0 aliphatic heterocycles. The van der Waals surface area contributed by atoms with Crippen LogP contribution in [0.25, 0.3) is 0 Å². The molecular weight excluding hydrogens is 266 g/mol. The van der Waals surface area contributed by atoms with E-state index in [0.717, 1.165) is 11.6 Å². The van der Waals surface area contributed by atoms with Crippen molar-refractivity contribution in [2.45, 2.75) is 65.3 Å². The molecule has 2 rings (SSSR count). The number of benzene rings is 1. The number of hydrogen-bond acceptors (Lipinski definition) is 1. The molecule has 1 aromatic carbocycles. The van der Waals surface area contributed by atoms with Gasteiger partial charge in [-0.15, -0.1) is 0 Å². The highest BCUT2D eigenvalue weighted by Crippen LogP contribution is 2.50. The minimum Gasteiger partial charge on any atom is -0.309 e. The van der Waals surface area contributed by atoms with E-state index in [2.05, 4.69) is 44.3 Å². The van der Waals surface area contributed by atoms with Crippen molar-refractivity contribution in [1.82, 2.24) is 5.32 Å². The van der Waals surface area contributed by atoms with Crippen LogP contribution in [0.5, 0.6) is 0 Å². The summed E-state index contributed by atoms with van der Waals surface area (Å²) in [6, 6.07) is 7.06. The van der Waals surface area contributed by atoms with E-state index < -0.39 is 0 Å². The van der Waals surface area contributed by atoms with Crippen molar-refractivity contribution in [2.75, 3.05) is 6.54 Å². The third kappa shape index (κ3) is 3.20. The van der Waals surface area contributed by atoms with Crippen molar-refractivity contribution < 1.29 is 0 Å². The molecule has 2 heteroatoms. The molecule has 0 bridgehead atoms. The van der Waals surface area contributed by atoms with Gasteiger partial charge in [0.05, 0.1) is 0 Å². The monoisotopic (exact) mass is 293 g/mol. The molecule has 0 amide bonds. The van der Waals surface area contributed by atoms with E-state index in [-0.39, 0.29) is 0 Å². The Labute approximate surface area is 129 Å². The summed E-state index contributed by atoms with van der Waals surface area (Å²) in [6.07, 6.45) is 7.86. The standard InChI is InChI=1S/C18H28ClN/c1-4-12-20-17(18(5-2)10-6-7-11-18)15-9-8-14(3)16(19)13-15/h8-9,13,17,20H,4-7,10-12H2,1-3H3. The molecule has 1 aromatic rings. The minimum atomic E-state index is 0.424. The molecule has 1 saturated carbocycles.